The van der Waals surface area contributed by atoms with Gasteiger partial charge >= 0.3 is 6.18 Å². The Morgan fingerprint density at radius 3 is 2.48 bits per heavy atom. The first-order chi connectivity index (χ1) is 10.8. The number of hydrogen-bond acceptors (Lipinski definition) is 3. The fraction of sp³-hybridized carbons (Fsp3) is 0.267. The summed E-state index contributed by atoms with van der Waals surface area (Å²) in [6.07, 6.45) is -3.06. The Hall–Kier alpha value is -2.64. The molecule has 0 aliphatic rings. The van der Waals surface area contributed by atoms with E-state index in [1.54, 1.807) is 6.92 Å². The van der Waals surface area contributed by atoms with Crippen molar-refractivity contribution in [2.45, 2.75) is 19.6 Å². The van der Waals surface area contributed by atoms with Crippen LogP contribution in [-0.2, 0) is 12.7 Å². The highest BCUT2D eigenvalue weighted by atomic mass is 19.4. The van der Waals surface area contributed by atoms with Gasteiger partial charge in [-0.1, -0.05) is 0 Å². The van der Waals surface area contributed by atoms with E-state index in [1.807, 2.05) is 0 Å². The monoisotopic (exact) mass is 325 g/mol. The predicted molar refractivity (Wildman–Crippen MR) is 77.0 cm³/mol. The lowest BCUT2D eigenvalue weighted by Gasteiger charge is -2.09. The molecule has 122 valence electrons. The van der Waals surface area contributed by atoms with Crippen LogP contribution in [0.3, 0.4) is 0 Å². The number of halogens is 3. The maximum absolute atomic E-state index is 12.4. The second-order valence-corrected chi connectivity index (χ2v) is 4.89. The predicted octanol–water partition coefficient (Wildman–Crippen LogP) is 2.00. The first-order valence-corrected chi connectivity index (χ1v) is 6.76. The van der Waals surface area contributed by atoms with Crippen molar-refractivity contribution in [1.82, 2.24) is 14.9 Å². The summed E-state index contributed by atoms with van der Waals surface area (Å²) < 4.78 is 38.6. The normalized spacial score (nSPS) is 11.3. The van der Waals surface area contributed by atoms with Crippen LogP contribution in [0.5, 0.6) is 0 Å². The van der Waals surface area contributed by atoms with Crippen molar-refractivity contribution in [2.75, 3.05) is 6.54 Å². The Kier molecular flexibility index (Phi) is 4.83. The van der Waals surface area contributed by atoms with Gasteiger partial charge in [-0.25, -0.2) is 4.98 Å². The maximum atomic E-state index is 12.4. The number of aromatic nitrogens is 2. The second-order valence-electron chi connectivity index (χ2n) is 4.89. The van der Waals surface area contributed by atoms with E-state index in [0.29, 0.717) is 5.69 Å². The average Bonchev–Trinajstić information content (AvgIpc) is 2.48. The molecule has 0 aliphatic carbocycles. The molecule has 23 heavy (non-hydrogen) atoms. The smallest absolute Gasteiger partial charge is 0.350 e. The van der Waals surface area contributed by atoms with Crippen LogP contribution in [0.4, 0.5) is 13.2 Å². The highest BCUT2D eigenvalue weighted by Gasteiger charge is 2.30. The summed E-state index contributed by atoms with van der Waals surface area (Å²) in [4.78, 5) is 27.4. The number of aryl methyl sites for hydroxylation is 1. The molecule has 0 fully saturated rings. The van der Waals surface area contributed by atoms with Crippen molar-refractivity contribution < 1.29 is 18.0 Å². The van der Waals surface area contributed by atoms with Gasteiger partial charge in [-0.15, -0.1) is 0 Å². The van der Waals surface area contributed by atoms with Crippen molar-refractivity contribution in [3.8, 4) is 0 Å². The Bertz CT molecular complexity index is 752. The molecular weight excluding hydrogens is 311 g/mol. The molecule has 2 aromatic rings. The first kappa shape index (κ1) is 16.7. The van der Waals surface area contributed by atoms with Gasteiger partial charge in [0.1, 0.15) is 0 Å². The molecule has 1 aromatic carbocycles. The number of rotatable bonds is 4. The molecule has 0 saturated carbocycles. The van der Waals surface area contributed by atoms with Crippen LogP contribution in [0.15, 0.2) is 41.5 Å². The summed E-state index contributed by atoms with van der Waals surface area (Å²) in [6.45, 7) is 2.07. The minimum Gasteiger partial charge on any atom is -0.350 e. The van der Waals surface area contributed by atoms with E-state index >= 15 is 0 Å². The topological polar surface area (TPSA) is 64.0 Å². The fourth-order valence-corrected chi connectivity index (χ4v) is 1.89. The van der Waals surface area contributed by atoms with Crippen LogP contribution >= 0.6 is 0 Å². The molecular formula is C15H14F3N3O2. The van der Waals surface area contributed by atoms with Crippen molar-refractivity contribution in [1.29, 1.82) is 0 Å². The molecule has 5 nitrogen and oxygen atoms in total. The maximum Gasteiger partial charge on any atom is 0.416 e. The van der Waals surface area contributed by atoms with Gasteiger partial charge in [0.2, 0.25) is 0 Å². The molecule has 8 heteroatoms. The Morgan fingerprint density at radius 1 is 1.26 bits per heavy atom. The highest BCUT2D eigenvalue weighted by molar-refractivity contribution is 5.94. The third-order valence-electron chi connectivity index (χ3n) is 3.13. The summed E-state index contributed by atoms with van der Waals surface area (Å²) in [5.74, 6) is -0.508. The molecule has 1 N–H and O–H groups in total. The van der Waals surface area contributed by atoms with E-state index in [9.17, 15) is 22.8 Å². The molecule has 0 aliphatic heterocycles. The third-order valence-corrected chi connectivity index (χ3v) is 3.13. The zero-order valence-electron chi connectivity index (χ0n) is 12.2. The van der Waals surface area contributed by atoms with Gasteiger partial charge in [-0.3, -0.25) is 14.2 Å². The number of amides is 1. The highest BCUT2D eigenvalue weighted by Crippen LogP contribution is 2.28. The number of benzene rings is 1. The molecule has 0 spiro atoms. The quantitative estimate of drug-likeness (QED) is 0.935. The van der Waals surface area contributed by atoms with Gasteiger partial charge in [0, 0.05) is 30.4 Å². The van der Waals surface area contributed by atoms with E-state index in [1.165, 1.54) is 17.0 Å². The lowest BCUT2D eigenvalue weighted by Crippen LogP contribution is -2.30. The summed E-state index contributed by atoms with van der Waals surface area (Å²) in [6, 6.07) is 5.29. The van der Waals surface area contributed by atoms with Crippen molar-refractivity contribution in [3.05, 3.63) is 63.8 Å². The van der Waals surface area contributed by atoms with E-state index < -0.39 is 17.6 Å². The lowest BCUT2D eigenvalue weighted by atomic mass is 10.1. The van der Waals surface area contributed by atoms with Crippen molar-refractivity contribution >= 4 is 5.91 Å². The lowest BCUT2D eigenvalue weighted by molar-refractivity contribution is -0.137. The summed E-state index contributed by atoms with van der Waals surface area (Å²) >= 11 is 0. The van der Waals surface area contributed by atoms with Crippen LogP contribution in [-0.4, -0.2) is 22.0 Å². The summed E-state index contributed by atoms with van der Waals surface area (Å²) in [5.41, 5.74) is -0.333. The molecule has 1 amide bonds. The third kappa shape index (κ3) is 4.41. The van der Waals surface area contributed by atoms with Crippen molar-refractivity contribution in [2.24, 2.45) is 0 Å². The molecule has 2 rings (SSSR count). The Labute approximate surface area is 129 Å². The van der Waals surface area contributed by atoms with Gasteiger partial charge in [0.15, 0.2) is 0 Å². The Balaban J connectivity index is 1.93. The van der Waals surface area contributed by atoms with Gasteiger partial charge in [-0.2, -0.15) is 13.2 Å². The number of carbonyl (C=O) groups is 1. The van der Waals surface area contributed by atoms with Crippen LogP contribution < -0.4 is 10.9 Å². The second kappa shape index (κ2) is 6.64. The standard InChI is InChI=1S/C15H14F3N3O2/c1-10-8-13(22)21(9-20-10)7-6-19-14(23)11-2-4-12(5-3-11)15(16,17)18/h2-5,8-9H,6-7H2,1H3,(H,19,23). The van der Waals surface area contributed by atoms with Crippen LogP contribution in [0.2, 0.25) is 0 Å². The van der Waals surface area contributed by atoms with Crippen LogP contribution in [0.1, 0.15) is 21.6 Å². The van der Waals surface area contributed by atoms with Gasteiger partial charge < -0.3 is 5.32 Å². The largest absolute Gasteiger partial charge is 0.416 e. The zero-order valence-corrected chi connectivity index (χ0v) is 12.2. The van der Waals surface area contributed by atoms with Gasteiger partial charge in [0.25, 0.3) is 11.5 Å². The number of carbonyl (C=O) groups excluding carboxylic acids is 1. The van der Waals surface area contributed by atoms with Crippen LogP contribution in [0, 0.1) is 6.92 Å². The molecule has 1 aromatic heterocycles. The average molecular weight is 325 g/mol. The van der Waals surface area contributed by atoms with E-state index in [4.69, 9.17) is 0 Å². The minimum absolute atomic E-state index is 0.118. The van der Waals surface area contributed by atoms with E-state index in [0.717, 1.165) is 24.3 Å². The Morgan fingerprint density at radius 2 is 1.91 bits per heavy atom. The molecule has 0 atom stereocenters. The minimum atomic E-state index is -4.44. The summed E-state index contributed by atoms with van der Waals surface area (Å²) in [7, 11) is 0. The number of nitrogens with one attached hydrogen (secondary N) is 1. The first-order valence-electron chi connectivity index (χ1n) is 6.76. The summed E-state index contributed by atoms with van der Waals surface area (Å²) in [5, 5.41) is 2.54. The SMILES string of the molecule is Cc1cc(=O)n(CCNC(=O)c2ccc(C(F)(F)F)cc2)cn1. The number of hydrogen-bond donors (Lipinski definition) is 1. The van der Waals surface area contributed by atoms with Crippen LogP contribution in [0.25, 0.3) is 0 Å². The number of alkyl halides is 3. The molecule has 0 radical (unpaired) electrons. The zero-order chi connectivity index (χ0) is 17.0. The molecule has 0 unspecified atom stereocenters. The van der Waals surface area contributed by atoms with Gasteiger partial charge in [-0.05, 0) is 31.2 Å². The molecule has 1 heterocycles. The van der Waals surface area contributed by atoms with Gasteiger partial charge in [0.05, 0.1) is 11.9 Å². The van der Waals surface area contributed by atoms with E-state index in [-0.39, 0.29) is 24.2 Å². The van der Waals surface area contributed by atoms with E-state index in [2.05, 4.69) is 10.3 Å². The molecule has 0 bridgehead atoms. The molecule has 0 saturated heterocycles. The fourth-order valence-electron chi connectivity index (χ4n) is 1.89. The van der Waals surface area contributed by atoms with Crippen molar-refractivity contribution in [3.63, 3.8) is 0 Å². The number of nitrogens with zero attached hydrogens (tertiary/aromatic N) is 2.